The van der Waals surface area contributed by atoms with E-state index in [1.807, 2.05) is 13.1 Å². The fourth-order valence-corrected chi connectivity index (χ4v) is 4.79. The van der Waals surface area contributed by atoms with Crippen LogP contribution in [0.4, 0.5) is 10.2 Å². The molecule has 1 saturated heterocycles. The molecular weight excluding hydrogens is 469 g/mol. The number of hydrogen-bond acceptors (Lipinski definition) is 5. The van der Waals surface area contributed by atoms with Crippen molar-refractivity contribution in [1.82, 2.24) is 19.4 Å². The van der Waals surface area contributed by atoms with Gasteiger partial charge in [0, 0.05) is 55.9 Å². The number of aromatic nitrogens is 3. The summed E-state index contributed by atoms with van der Waals surface area (Å²) in [6, 6.07) is 11.6. The van der Waals surface area contributed by atoms with Crippen LogP contribution in [0.25, 0.3) is 27.9 Å². The summed E-state index contributed by atoms with van der Waals surface area (Å²) in [6.07, 6.45) is 5.96. The third kappa shape index (κ3) is 4.31. The highest BCUT2D eigenvalue weighted by Crippen LogP contribution is 2.41. The lowest BCUT2D eigenvalue weighted by atomic mass is 9.97. The molecule has 0 unspecified atom stereocenters. The van der Waals surface area contributed by atoms with Crippen LogP contribution in [0.3, 0.4) is 0 Å². The zero-order valence-electron chi connectivity index (χ0n) is 19.4. The Kier molecular flexibility index (Phi) is 6.08. The van der Waals surface area contributed by atoms with E-state index in [9.17, 15) is 14.3 Å². The van der Waals surface area contributed by atoms with Gasteiger partial charge in [-0.1, -0.05) is 17.7 Å². The van der Waals surface area contributed by atoms with E-state index < -0.39 is 5.82 Å². The van der Waals surface area contributed by atoms with Crippen molar-refractivity contribution in [1.29, 1.82) is 0 Å². The van der Waals surface area contributed by atoms with E-state index in [0.717, 1.165) is 25.3 Å². The van der Waals surface area contributed by atoms with Gasteiger partial charge in [-0.25, -0.2) is 14.2 Å². The second-order valence-corrected chi connectivity index (χ2v) is 9.11. The monoisotopic (exact) mass is 493 g/mol. The van der Waals surface area contributed by atoms with E-state index in [2.05, 4.69) is 15.2 Å². The van der Waals surface area contributed by atoms with Crippen LogP contribution in [0.2, 0.25) is 5.02 Å². The number of halogens is 2. The Morgan fingerprint density at radius 1 is 1.11 bits per heavy atom. The Morgan fingerprint density at radius 2 is 1.86 bits per heavy atom. The van der Waals surface area contributed by atoms with Crippen molar-refractivity contribution in [2.45, 2.75) is 12.5 Å². The number of phenolic OH excluding ortho intramolecular Hbond substituents is 1. The van der Waals surface area contributed by atoms with Crippen LogP contribution >= 0.6 is 11.6 Å². The average Bonchev–Trinajstić information content (AvgIpc) is 3.47. The topological polar surface area (TPSA) is 75.3 Å². The first kappa shape index (κ1) is 23.1. The highest BCUT2D eigenvalue weighted by molar-refractivity contribution is 6.32. The lowest BCUT2D eigenvalue weighted by molar-refractivity contribution is 0.477. The zero-order chi connectivity index (χ0) is 24.7. The molecule has 7 nitrogen and oxygen atoms in total. The molecule has 0 bridgehead atoms. The molecule has 0 spiro atoms. The molecule has 0 amide bonds. The molecule has 2 aromatic carbocycles. The van der Waals surface area contributed by atoms with Crippen LogP contribution in [0, 0.1) is 5.82 Å². The molecular formula is C26H25ClFN5O2. The molecule has 180 valence electrons. The SMILES string of the molecule is CN[C@H]1CCN(c2cc(-c3cc(F)cc(-c4ccc(-n5ccn(C)c5=O)c(Cl)c4)c3O)ccn2)C1. The molecule has 0 aliphatic carbocycles. The van der Waals surface area contributed by atoms with Gasteiger partial charge in [0.15, 0.2) is 0 Å². The summed E-state index contributed by atoms with van der Waals surface area (Å²) in [4.78, 5) is 19.0. The van der Waals surface area contributed by atoms with Crippen LogP contribution in [0.15, 0.2) is 65.8 Å². The Balaban J connectivity index is 1.53. The van der Waals surface area contributed by atoms with Crippen LogP contribution in [0.1, 0.15) is 6.42 Å². The molecule has 35 heavy (non-hydrogen) atoms. The number of pyridine rings is 1. The molecule has 2 aromatic heterocycles. The number of rotatable bonds is 5. The minimum absolute atomic E-state index is 0.0567. The van der Waals surface area contributed by atoms with Crippen LogP contribution in [0.5, 0.6) is 5.75 Å². The first-order chi connectivity index (χ1) is 16.9. The van der Waals surface area contributed by atoms with Gasteiger partial charge in [0.2, 0.25) is 0 Å². The number of likely N-dealkylation sites (N-methyl/N-ethyl adjacent to an activating group) is 1. The molecule has 1 aliphatic heterocycles. The second-order valence-electron chi connectivity index (χ2n) is 8.70. The molecule has 1 atom stereocenters. The van der Waals surface area contributed by atoms with Gasteiger partial charge in [-0.2, -0.15) is 0 Å². The lowest BCUT2D eigenvalue weighted by Gasteiger charge is -2.19. The van der Waals surface area contributed by atoms with E-state index in [1.54, 1.807) is 49.9 Å². The van der Waals surface area contributed by atoms with E-state index >= 15 is 0 Å². The van der Waals surface area contributed by atoms with Gasteiger partial charge in [0.05, 0.1) is 10.7 Å². The number of imidazole rings is 1. The van der Waals surface area contributed by atoms with Crippen molar-refractivity contribution >= 4 is 17.4 Å². The van der Waals surface area contributed by atoms with Crippen molar-refractivity contribution in [2.24, 2.45) is 7.05 Å². The van der Waals surface area contributed by atoms with Gasteiger partial charge < -0.3 is 19.9 Å². The number of nitrogens with one attached hydrogen (secondary N) is 1. The summed E-state index contributed by atoms with van der Waals surface area (Å²) >= 11 is 6.50. The predicted molar refractivity (Wildman–Crippen MR) is 136 cm³/mol. The van der Waals surface area contributed by atoms with Gasteiger partial charge in [-0.3, -0.25) is 4.57 Å². The Bertz CT molecular complexity index is 1460. The number of aryl methyl sites for hydroxylation is 1. The number of aromatic hydroxyl groups is 1. The Morgan fingerprint density at radius 3 is 2.49 bits per heavy atom. The zero-order valence-corrected chi connectivity index (χ0v) is 20.1. The Labute approximate surface area is 207 Å². The van der Waals surface area contributed by atoms with Crippen LogP contribution < -0.4 is 15.9 Å². The van der Waals surface area contributed by atoms with Gasteiger partial charge in [0.1, 0.15) is 17.4 Å². The van der Waals surface area contributed by atoms with Crippen molar-refractivity contribution in [3.63, 3.8) is 0 Å². The first-order valence-corrected chi connectivity index (χ1v) is 11.7. The molecule has 3 heterocycles. The largest absolute Gasteiger partial charge is 0.507 e. The Hall–Kier alpha value is -3.62. The summed E-state index contributed by atoms with van der Waals surface area (Å²) < 4.78 is 17.6. The minimum atomic E-state index is -0.484. The smallest absolute Gasteiger partial charge is 0.332 e. The van der Waals surface area contributed by atoms with Crippen LogP contribution in [-0.2, 0) is 7.05 Å². The highest BCUT2D eigenvalue weighted by atomic mass is 35.5. The molecule has 5 rings (SSSR count). The summed E-state index contributed by atoms with van der Waals surface area (Å²) in [5.74, 6) is 0.243. The molecule has 1 aliphatic rings. The highest BCUT2D eigenvalue weighted by Gasteiger charge is 2.23. The molecule has 4 aromatic rings. The fourth-order valence-electron chi connectivity index (χ4n) is 4.52. The molecule has 1 fully saturated rings. The minimum Gasteiger partial charge on any atom is -0.507 e. The molecule has 0 radical (unpaired) electrons. The maximum atomic E-state index is 14.8. The normalized spacial score (nSPS) is 15.7. The molecule has 2 N–H and O–H groups in total. The quantitative estimate of drug-likeness (QED) is 0.436. The number of phenols is 1. The summed E-state index contributed by atoms with van der Waals surface area (Å²) in [6.45, 7) is 1.71. The standard InChI is InChI=1S/C26H25ClFN5O2/c1-29-19-6-8-32(15-19)24-12-17(5-7-30-24)21-14-18(28)13-20(25(21)34)16-3-4-23(22(27)11-16)33-10-9-31(2)26(33)35/h3-5,7,9-14,19,29,34H,6,8,15H2,1-2H3/t19-/m0/s1. The summed E-state index contributed by atoms with van der Waals surface area (Å²) in [7, 11) is 3.60. The third-order valence-electron chi connectivity index (χ3n) is 6.52. The first-order valence-electron chi connectivity index (χ1n) is 11.3. The van der Waals surface area contributed by atoms with Gasteiger partial charge in [-0.05, 0) is 61.0 Å². The fraction of sp³-hybridized carbons (Fsp3) is 0.231. The predicted octanol–water partition coefficient (Wildman–Crippen LogP) is 4.20. The van der Waals surface area contributed by atoms with Crippen molar-refractivity contribution in [3.05, 3.63) is 82.4 Å². The van der Waals surface area contributed by atoms with E-state index in [0.29, 0.717) is 39.0 Å². The van der Waals surface area contributed by atoms with Gasteiger partial charge in [-0.15, -0.1) is 0 Å². The van der Waals surface area contributed by atoms with Crippen molar-refractivity contribution < 1.29 is 9.50 Å². The maximum absolute atomic E-state index is 14.8. The maximum Gasteiger partial charge on any atom is 0.332 e. The van der Waals surface area contributed by atoms with E-state index in [1.165, 1.54) is 21.3 Å². The molecule has 9 heteroatoms. The van der Waals surface area contributed by atoms with E-state index in [-0.39, 0.29) is 11.4 Å². The number of hydrogen-bond donors (Lipinski definition) is 2. The number of nitrogens with zero attached hydrogens (tertiary/aromatic N) is 4. The van der Waals surface area contributed by atoms with Crippen molar-refractivity contribution in [2.75, 3.05) is 25.0 Å². The summed E-state index contributed by atoms with van der Waals surface area (Å²) in [5.41, 5.74) is 2.15. The van der Waals surface area contributed by atoms with Gasteiger partial charge >= 0.3 is 5.69 Å². The second kappa shape index (κ2) is 9.20. The molecule has 0 saturated carbocycles. The van der Waals surface area contributed by atoms with Crippen LogP contribution in [-0.4, -0.2) is 45.4 Å². The number of anilines is 1. The van der Waals surface area contributed by atoms with Gasteiger partial charge in [0.25, 0.3) is 0 Å². The number of benzene rings is 2. The summed E-state index contributed by atoms with van der Waals surface area (Å²) in [5, 5.41) is 14.8. The lowest BCUT2D eigenvalue weighted by Crippen LogP contribution is -2.29. The van der Waals surface area contributed by atoms with E-state index in [4.69, 9.17) is 11.6 Å². The average molecular weight is 494 g/mol. The third-order valence-corrected chi connectivity index (χ3v) is 6.82. The van der Waals surface area contributed by atoms with Crippen molar-refractivity contribution in [3.8, 4) is 33.7 Å².